The van der Waals surface area contributed by atoms with Gasteiger partial charge in [-0.3, -0.25) is 4.79 Å². The lowest BCUT2D eigenvalue weighted by Crippen LogP contribution is -2.14. The Hall–Kier alpha value is -3.43. The molecule has 2 aromatic carbocycles. The number of benzene rings is 2. The van der Waals surface area contributed by atoms with Crippen LogP contribution in [0, 0.1) is 11.3 Å². The zero-order chi connectivity index (χ0) is 19.1. The van der Waals surface area contributed by atoms with E-state index >= 15 is 0 Å². The van der Waals surface area contributed by atoms with Crippen LogP contribution in [0.4, 0.5) is 5.69 Å². The molecule has 0 atom stereocenters. The fourth-order valence-electron chi connectivity index (χ4n) is 2.30. The normalized spacial score (nSPS) is 10.9. The monoisotopic (exact) mass is 376 g/mol. The standard InChI is InChI=1S/C21H16N2O3S/c1-25-19-10-6-5-9-18(19)23-21(24)15(14-22)13-16-11-12-20(26-16)27-17-7-3-2-4-8-17/h2-13H,1H3,(H,23,24)/b15-13-. The highest BCUT2D eigenvalue weighted by molar-refractivity contribution is 7.99. The Bertz CT molecular complexity index is 1000. The number of amides is 1. The van der Waals surface area contributed by atoms with E-state index < -0.39 is 5.91 Å². The summed E-state index contributed by atoms with van der Waals surface area (Å²) in [5, 5.41) is 12.7. The van der Waals surface area contributed by atoms with Crippen LogP contribution >= 0.6 is 11.8 Å². The summed E-state index contributed by atoms with van der Waals surface area (Å²) in [4.78, 5) is 13.4. The van der Waals surface area contributed by atoms with Crippen molar-refractivity contribution in [2.24, 2.45) is 0 Å². The van der Waals surface area contributed by atoms with Crippen molar-refractivity contribution in [3.8, 4) is 11.8 Å². The molecule has 1 N–H and O–H groups in total. The summed E-state index contributed by atoms with van der Waals surface area (Å²) >= 11 is 1.46. The molecule has 3 rings (SSSR count). The number of rotatable bonds is 6. The van der Waals surface area contributed by atoms with E-state index in [0.29, 0.717) is 22.3 Å². The van der Waals surface area contributed by atoms with Gasteiger partial charge >= 0.3 is 0 Å². The Balaban J connectivity index is 1.74. The minimum absolute atomic E-state index is 0.0634. The fraction of sp³-hybridized carbons (Fsp3) is 0.0476. The first kappa shape index (κ1) is 18.4. The van der Waals surface area contributed by atoms with Gasteiger partial charge in [0.25, 0.3) is 5.91 Å². The highest BCUT2D eigenvalue weighted by Gasteiger charge is 2.13. The van der Waals surface area contributed by atoms with Crippen molar-refractivity contribution in [3.63, 3.8) is 0 Å². The van der Waals surface area contributed by atoms with Crippen LogP contribution in [0.15, 0.2) is 86.7 Å². The smallest absolute Gasteiger partial charge is 0.266 e. The Morgan fingerprint density at radius 2 is 1.85 bits per heavy atom. The predicted octanol–water partition coefficient (Wildman–Crippen LogP) is 4.99. The van der Waals surface area contributed by atoms with Gasteiger partial charge in [-0.1, -0.05) is 42.1 Å². The maximum absolute atomic E-state index is 12.4. The minimum Gasteiger partial charge on any atom is -0.495 e. The molecule has 0 fully saturated rings. The van der Waals surface area contributed by atoms with Crippen LogP contribution in [0.3, 0.4) is 0 Å². The summed E-state index contributed by atoms with van der Waals surface area (Å²) in [7, 11) is 1.51. The predicted molar refractivity (Wildman–Crippen MR) is 104 cm³/mol. The van der Waals surface area contributed by atoms with E-state index in [1.54, 1.807) is 36.4 Å². The van der Waals surface area contributed by atoms with Gasteiger partial charge in [0.1, 0.15) is 23.2 Å². The summed E-state index contributed by atoms with van der Waals surface area (Å²) in [6, 6.07) is 22.2. The third kappa shape index (κ3) is 4.81. The molecule has 0 bridgehead atoms. The molecule has 1 heterocycles. The van der Waals surface area contributed by atoms with E-state index in [1.165, 1.54) is 24.9 Å². The number of nitrogens with zero attached hydrogens (tertiary/aromatic N) is 1. The van der Waals surface area contributed by atoms with Gasteiger partial charge in [-0.25, -0.2) is 0 Å². The first-order valence-corrected chi connectivity index (χ1v) is 8.90. The summed E-state index contributed by atoms with van der Waals surface area (Å²) in [5.41, 5.74) is 0.428. The van der Waals surface area contributed by atoms with Crippen molar-refractivity contribution in [1.82, 2.24) is 0 Å². The third-order valence-electron chi connectivity index (χ3n) is 3.57. The van der Waals surface area contributed by atoms with E-state index in [-0.39, 0.29) is 5.57 Å². The maximum atomic E-state index is 12.4. The number of carbonyl (C=O) groups is 1. The number of anilines is 1. The zero-order valence-corrected chi connectivity index (χ0v) is 15.3. The van der Waals surface area contributed by atoms with Crippen LogP contribution in [0.1, 0.15) is 5.76 Å². The van der Waals surface area contributed by atoms with Crippen LogP contribution in [-0.2, 0) is 4.79 Å². The van der Waals surface area contributed by atoms with Gasteiger partial charge in [-0.2, -0.15) is 5.26 Å². The Kier molecular flexibility index (Phi) is 5.98. The molecule has 6 heteroatoms. The summed E-state index contributed by atoms with van der Waals surface area (Å²) < 4.78 is 10.9. The Morgan fingerprint density at radius 1 is 1.11 bits per heavy atom. The molecule has 1 amide bonds. The van der Waals surface area contributed by atoms with Crippen LogP contribution < -0.4 is 10.1 Å². The van der Waals surface area contributed by atoms with Gasteiger partial charge in [-0.15, -0.1) is 0 Å². The highest BCUT2D eigenvalue weighted by Crippen LogP contribution is 2.29. The molecule has 0 radical (unpaired) electrons. The number of nitrogens with one attached hydrogen (secondary N) is 1. The van der Waals surface area contributed by atoms with Gasteiger partial charge in [0.05, 0.1) is 12.8 Å². The van der Waals surface area contributed by atoms with Crippen molar-refractivity contribution in [3.05, 3.63) is 78.1 Å². The SMILES string of the molecule is COc1ccccc1NC(=O)/C(C#N)=C\c1ccc(Sc2ccccc2)o1. The van der Waals surface area contributed by atoms with Crippen molar-refractivity contribution in [2.45, 2.75) is 9.99 Å². The van der Waals surface area contributed by atoms with Gasteiger partial charge < -0.3 is 14.5 Å². The van der Waals surface area contributed by atoms with Crippen molar-refractivity contribution < 1.29 is 13.9 Å². The minimum atomic E-state index is -0.532. The maximum Gasteiger partial charge on any atom is 0.266 e. The van der Waals surface area contributed by atoms with E-state index in [9.17, 15) is 10.1 Å². The van der Waals surface area contributed by atoms with Crippen LogP contribution in [-0.4, -0.2) is 13.0 Å². The van der Waals surface area contributed by atoms with Gasteiger partial charge in [-0.05, 0) is 36.4 Å². The van der Waals surface area contributed by atoms with E-state index in [1.807, 2.05) is 36.4 Å². The lowest BCUT2D eigenvalue weighted by atomic mass is 10.2. The van der Waals surface area contributed by atoms with Crippen molar-refractivity contribution >= 4 is 29.4 Å². The lowest BCUT2D eigenvalue weighted by molar-refractivity contribution is -0.112. The number of ether oxygens (including phenoxy) is 1. The highest BCUT2D eigenvalue weighted by atomic mass is 32.2. The molecule has 0 saturated heterocycles. The Labute approximate surface area is 161 Å². The number of hydrogen-bond donors (Lipinski definition) is 1. The summed E-state index contributed by atoms with van der Waals surface area (Å²) in [6.07, 6.45) is 1.42. The topological polar surface area (TPSA) is 75.3 Å². The molecule has 1 aromatic heterocycles. The second kappa shape index (κ2) is 8.79. The van der Waals surface area contributed by atoms with Gasteiger partial charge in [0, 0.05) is 11.0 Å². The average molecular weight is 376 g/mol. The molecule has 134 valence electrons. The fourth-order valence-corrected chi connectivity index (χ4v) is 3.10. The molecular formula is C21H16N2O3S. The van der Waals surface area contributed by atoms with E-state index in [4.69, 9.17) is 9.15 Å². The quantitative estimate of drug-likeness (QED) is 0.485. The molecule has 0 saturated carbocycles. The van der Waals surface area contributed by atoms with Crippen LogP contribution in [0.5, 0.6) is 5.75 Å². The first-order chi connectivity index (χ1) is 13.2. The number of para-hydroxylation sites is 2. The molecular weight excluding hydrogens is 360 g/mol. The first-order valence-electron chi connectivity index (χ1n) is 8.08. The molecule has 0 spiro atoms. The molecule has 3 aromatic rings. The molecule has 5 nitrogen and oxygen atoms in total. The molecule has 0 aliphatic heterocycles. The largest absolute Gasteiger partial charge is 0.495 e. The van der Waals surface area contributed by atoms with Crippen LogP contribution in [0.2, 0.25) is 0 Å². The van der Waals surface area contributed by atoms with Crippen molar-refractivity contribution in [1.29, 1.82) is 5.26 Å². The molecule has 0 unspecified atom stereocenters. The number of nitriles is 1. The number of hydrogen-bond acceptors (Lipinski definition) is 5. The molecule has 0 aliphatic carbocycles. The number of furan rings is 1. The van der Waals surface area contributed by atoms with Gasteiger partial charge in [0.15, 0.2) is 5.09 Å². The third-order valence-corrected chi connectivity index (χ3v) is 4.50. The Morgan fingerprint density at radius 3 is 2.59 bits per heavy atom. The van der Waals surface area contributed by atoms with E-state index in [2.05, 4.69) is 5.32 Å². The second-order valence-corrected chi connectivity index (χ2v) is 6.47. The summed E-state index contributed by atoms with van der Waals surface area (Å²) in [5.74, 6) is 0.415. The van der Waals surface area contributed by atoms with Crippen LogP contribution in [0.25, 0.3) is 6.08 Å². The molecule has 27 heavy (non-hydrogen) atoms. The summed E-state index contributed by atoms with van der Waals surface area (Å²) in [6.45, 7) is 0. The molecule has 0 aliphatic rings. The number of methoxy groups -OCH3 is 1. The van der Waals surface area contributed by atoms with Crippen molar-refractivity contribution in [2.75, 3.05) is 12.4 Å². The average Bonchev–Trinajstić information content (AvgIpc) is 3.14. The number of carbonyl (C=O) groups excluding carboxylic acids is 1. The van der Waals surface area contributed by atoms with E-state index in [0.717, 1.165) is 4.90 Å². The second-order valence-electron chi connectivity index (χ2n) is 5.40. The lowest BCUT2D eigenvalue weighted by Gasteiger charge is -2.08. The van der Waals surface area contributed by atoms with Gasteiger partial charge in [0.2, 0.25) is 0 Å². The zero-order valence-electron chi connectivity index (χ0n) is 14.5.